The average Bonchev–Trinajstić information content (AvgIpc) is 2.69. The summed E-state index contributed by atoms with van der Waals surface area (Å²) in [5.74, 6) is 0.386. The molecule has 0 aliphatic heterocycles. The van der Waals surface area contributed by atoms with E-state index in [-0.39, 0.29) is 30.8 Å². The highest BCUT2D eigenvalue weighted by atomic mass is 35.5. The minimum atomic E-state index is -0.607. The quantitative estimate of drug-likeness (QED) is 0.592. The predicted octanol–water partition coefficient (Wildman–Crippen LogP) is 4.88. The van der Waals surface area contributed by atoms with Crippen LogP contribution >= 0.6 is 23.2 Å². The highest BCUT2D eigenvalue weighted by Gasteiger charge is 2.29. The van der Waals surface area contributed by atoms with Gasteiger partial charge in [-0.05, 0) is 55.7 Å². The molecule has 0 aliphatic rings. The van der Waals surface area contributed by atoms with Gasteiger partial charge in [0.15, 0.2) is 0 Å². The number of nitrogens with zero attached hydrogens (tertiary/aromatic N) is 1. The molecule has 0 saturated carbocycles. The number of hydrogen-bond acceptors (Lipinski definition) is 3. The van der Waals surface area contributed by atoms with Gasteiger partial charge in [0, 0.05) is 22.6 Å². The minimum absolute atomic E-state index is 0.0239. The zero-order valence-electron chi connectivity index (χ0n) is 17.7. The van der Waals surface area contributed by atoms with Crippen molar-refractivity contribution >= 4 is 35.0 Å². The molecule has 0 heterocycles. The van der Waals surface area contributed by atoms with Crippen LogP contribution in [0.1, 0.15) is 38.3 Å². The maximum Gasteiger partial charge on any atom is 0.243 e. The first-order chi connectivity index (χ1) is 14.2. The molecule has 5 nitrogen and oxygen atoms in total. The molecule has 0 saturated heterocycles. The number of hydrogen-bond donors (Lipinski definition) is 1. The van der Waals surface area contributed by atoms with Crippen LogP contribution in [0.15, 0.2) is 42.5 Å². The first-order valence-electron chi connectivity index (χ1n) is 9.91. The lowest BCUT2D eigenvalue weighted by Gasteiger charge is -2.31. The van der Waals surface area contributed by atoms with Gasteiger partial charge in [-0.1, -0.05) is 48.3 Å². The third-order valence-electron chi connectivity index (χ3n) is 4.69. The molecule has 2 aromatic rings. The number of ether oxygens (including phenoxy) is 1. The SMILES string of the molecule is CCC(C(=O)NC(C)C)N(Cc1ccc(Cl)cc1Cl)C(=O)Cc1ccc(OC)cc1. The number of methoxy groups -OCH3 is 1. The Labute approximate surface area is 188 Å². The Morgan fingerprint density at radius 1 is 1.10 bits per heavy atom. The number of rotatable bonds is 9. The molecule has 1 atom stereocenters. The monoisotopic (exact) mass is 450 g/mol. The number of amides is 2. The highest BCUT2D eigenvalue weighted by Crippen LogP contribution is 2.24. The van der Waals surface area contributed by atoms with E-state index in [1.165, 1.54) is 0 Å². The normalized spacial score (nSPS) is 11.8. The number of halogens is 2. The van der Waals surface area contributed by atoms with Crippen molar-refractivity contribution in [2.75, 3.05) is 7.11 Å². The topological polar surface area (TPSA) is 58.6 Å². The van der Waals surface area contributed by atoms with Crippen LogP contribution in [-0.2, 0) is 22.6 Å². The summed E-state index contributed by atoms with van der Waals surface area (Å²) in [5.41, 5.74) is 1.58. The molecule has 1 N–H and O–H groups in total. The van der Waals surface area contributed by atoms with Crippen molar-refractivity contribution in [2.45, 2.75) is 52.2 Å². The lowest BCUT2D eigenvalue weighted by molar-refractivity contribution is -0.141. The van der Waals surface area contributed by atoms with Crippen molar-refractivity contribution in [1.29, 1.82) is 0 Å². The van der Waals surface area contributed by atoms with Crippen LogP contribution in [0, 0.1) is 0 Å². The van der Waals surface area contributed by atoms with E-state index >= 15 is 0 Å². The summed E-state index contributed by atoms with van der Waals surface area (Å²) in [6, 6.07) is 11.8. The molecule has 0 aliphatic carbocycles. The molecule has 2 amide bonds. The Balaban J connectivity index is 2.32. The summed E-state index contributed by atoms with van der Waals surface area (Å²) >= 11 is 12.4. The summed E-state index contributed by atoms with van der Waals surface area (Å²) in [6.45, 7) is 5.89. The highest BCUT2D eigenvalue weighted by molar-refractivity contribution is 6.35. The Morgan fingerprint density at radius 3 is 2.30 bits per heavy atom. The van der Waals surface area contributed by atoms with E-state index < -0.39 is 6.04 Å². The van der Waals surface area contributed by atoms with Gasteiger partial charge in [-0.2, -0.15) is 0 Å². The van der Waals surface area contributed by atoms with Crippen LogP contribution in [-0.4, -0.2) is 35.9 Å². The van der Waals surface area contributed by atoms with Gasteiger partial charge in [0.1, 0.15) is 11.8 Å². The Morgan fingerprint density at radius 2 is 1.77 bits per heavy atom. The van der Waals surface area contributed by atoms with E-state index in [9.17, 15) is 9.59 Å². The standard InChI is InChI=1S/C23H28Cl2N2O3/c1-5-21(23(29)26-15(2)3)27(14-17-8-9-18(24)13-20(17)25)22(28)12-16-6-10-19(30-4)11-7-16/h6-11,13,15,21H,5,12,14H2,1-4H3,(H,26,29). The molecular formula is C23H28Cl2N2O3. The smallest absolute Gasteiger partial charge is 0.243 e. The van der Waals surface area contributed by atoms with Crippen LogP contribution in [0.4, 0.5) is 0 Å². The Kier molecular flexibility index (Phi) is 9.00. The van der Waals surface area contributed by atoms with E-state index in [1.54, 1.807) is 30.2 Å². The zero-order chi connectivity index (χ0) is 22.3. The summed E-state index contributed by atoms with van der Waals surface area (Å²) in [5, 5.41) is 3.89. The van der Waals surface area contributed by atoms with Crippen molar-refractivity contribution in [2.24, 2.45) is 0 Å². The molecule has 0 fully saturated rings. The van der Waals surface area contributed by atoms with Gasteiger partial charge in [-0.3, -0.25) is 9.59 Å². The van der Waals surface area contributed by atoms with E-state index in [2.05, 4.69) is 5.32 Å². The summed E-state index contributed by atoms with van der Waals surface area (Å²) in [6.07, 6.45) is 0.652. The maximum atomic E-state index is 13.3. The van der Waals surface area contributed by atoms with Crippen molar-refractivity contribution in [3.8, 4) is 5.75 Å². The molecular weight excluding hydrogens is 423 g/mol. The maximum absolute atomic E-state index is 13.3. The lowest BCUT2D eigenvalue weighted by atomic mass is 10.1. The molecule has 30 heavy (non-hydrogen) atoms. The van der Waals surface area contributed by atoms with Gasteiger partial charge in [0.25, 0.3) is 0 Å². The molecule has 162 valence electrons. The van der Waals surface area contributed by atoms with E-state index in [1.807, 2.05) is 45.0 Å². The second-order valence-electron chi connectivity index (χ2n) is 7.37. The fourth-order valence-electron chi connectivity index (χ4n) is 3.15. The third-order valence-corrected chi connectivity index (χ3v) is 5.27. The first-order valence-corrected chi connectivity index (χ1v) is 10.7. The molecule has 0 bridgehead atoms. The Bertz CT molecular complexity index is 869. The van der Waals surface area contributed by atoms with Gasteiger partial charge >= 0.3 is 0 Å². The molecule has 0 radical (unpaired) electrons. The molecule has 2 aromatic carbocycles. The molecule has 7 heteroatoms. The molecule has 1 unspecified atom stereocenters. The van der Waals surface area contributed by atoms with Gasteiger partial charge in [0.2, 0.25) is 11.8 Å². The lowest BCUT2D eigenvalue weighted by Crippen LogP contribution is -2.50. The van der Waals surface area contributed by atoms with Crippen LogP contribution in [0.5, 0.6) is 5.75 Å². The van der Waals surface area contributed by atoms with Crippen molar-refractivity contribution in [3.63, 3.8) is 0 Å². The van der Waals surface area contributed by atoms with Crippen molar-refractivity contribution < 1.29 is 14.3 Å². The molecule has 0 aromatic heterocycles. The molecule has 0 spiro atoms. The zero-order valence-corrected chi connectivity index (χ0v) is 19.3. The first kappa shape index (κ1) is 24.0. The van der Waals surface area contributed by atoms with Gasteiger partial charge in [-0.15, -0.1) is 0 Å². The summed E-state index contributed by atoms with van der Waals surface area (Å²) in [7, 11) is 1.59. The largest absolute Gasteiger partial charge is 0.497 e. The van der Waals surface area contributed by atoms with Crippen molar-refractivity contribution in [1.82, 2.24) is 10.2 Å². The second-order valence-corrected chi connectivity index (χ2v) is 8.21. The van der Waals surface area contributed by atoms with Gasteiger partial charge in [-0.25, -0.2) is 0 Å². The van der Waals surface area contributed by atoms with E-state index in [4.69, 9.17) is 27.9 Å². The molecule has 2 rings (SSSR count). The van der Waals surface area contributed by atoms with Crippen LogP contribution < -0.4 is 10.1 Å². The van der Waals surface area contributed by atoms with Gasteiger partial charge < -0.3 is 15.0 Å². The minimum Gasteiger partial charge on any atom is -0.497 e. The summed E-state index contributed by atoms with van der Waals surface area (Å²) < 4.78 is 5.17. The predicted molar refractivity (Wildman–Crippen MR) is 121 cm³/mol. The van der Waals surface area contributed by atoms with Crippen LogP contribution in [0.2, 0.25) is 10.0 Å². The second kappa shape index (κ2) is 11.2. The number of carbonyl (C=O) groups excluding carboxylic acids is 2. The van der Waals surface area contributed by atoms with Crippen LogP contribution in [0.3, 0.4) is 0 Å². The van der Waals surface area contributed by atoms with Crippen LogP contribution in [0.25, 0.3) is 0 Å². The van der Waals surface area contributed by atoms with Gasteiger partial charge in [0.05, 0.1) is 13.5 Å². The number of carbonyl (C=O) groups is 2. The van der Waals surface area contributed by atoms with Crippen molar-refractivity contribution in [3.05, 3.63) is 63.6 Å². The summed E-state index contributed by atoms with van der Waals surface area (Å²) in [4.78, 5) is 27.7. The number of benzene rings is 2. The fraction of sp³-hybridized carbons (Fsp3) is 0.391. The third kappa shape index (κ3) is 6.64. The Hall–Kier alpha value is -2.24. The van der Waals surface area contributed by atoms with E-state index in [0.717, 1.165) is 16.9 Å². The fourth-order valence-corrected chi connectivity index (χ4v) is 3.62. The average molecular weight is 451 g/mol. The van der Waals surface area contributed by atoms with E-state index in [0.29, 0.717) is 16.5 Å². The number of nitrogens with one attached hydrogen (secondary N) is 1.